The molecule has 0 aromatic heterocycles. The van der Waals surface area contributed by atoms with E-state index in [2.05, 4.69) is 4.99 Å². The largest absolute Gasteiger partial charge is 0.478 e. The summed E-state index contributed by atoms with van der Waals surface area (Å²) in [6.07, 6.45) is -2.98. The maximum Gasteiger partial charge on any atom is 0.373 e. The molecule has 8 heteroatoms. The number of hydrogen-bond acceptors (Lipinski definition) is 8. The minimum absolute atomic E-state index is 0.0998. The number of rotatable bonds is 5. The average molecular weight is 301 g/mol. The Hall–Kier alpha value is -1.64. The highest BCUT2D eigenvalue weighted by atomic mass is 16.6. The predicted octanol–water partition coefficient (Wildman–Crippen LogP) is -1.27. The van der Waals surface area contributed by atoms with Crippen LogP contribution in [0.15, 0.2) is 16.8 Å². The molecule has 2 aliphatic rings. The van der Waals surface area contributed by atoms with E-state index in [1.807, 2.05) is 0 Å². The van der Waals surface area contributed by atoms with Crippen molar-refractivity contribution in [3.8, 4) is 0 Å². The Kier molecular flexibility index (Phi) is 4.81. The molecule has 0 radical (unpaired) electrons. The van der Waals surface area contributed by atoms with E-state index in [1.165, 1.54) is 6.08 Å². The van der Waals surface area contributed by atoms with Crippen LogP contribution in [-0.4, -0.2) is 70.9 Å². The van der Waals surface area contributed by atoms with E-state index in [4.69, 9.17) is 19.3 Å². The number of fused-ring (bicyclic) bond motifs is 1. The molecular weight excluding hydrogens is 282 g/mol. The molecule has 5 atom stereocenters. The lowest BCUT2D eigenvalue weighted by Crippen LogP contribution is -2.51. The zero-order chi connectivity index (χ0) is 15.6. The summed E-state index contributed by atoms with van der Waals surface area (Å²) in [6.45, 7) is 2.84. The van der Waals surface area contributed by atoms with Gasteiger partial charge in [0.05, 0.1) is 13.2 Å². The van der Waals surface area contributed by atoms with Gasteiger partial charge in [-0.3, -0.25) is 0 Å². The van der Waals surface area contributed by atoms with Crippen molar-refractivity contribution in [2.45, 2.75) is 44.3 Å². The van der Waals surface area contributed by atoms with Gasteiger partial charge < -0.3 is 29.5 Å². The van der Waals surface area contributed by atoms with Crippen LogP contribution in [0.25, 0.3) is 0 Å². The lowest BCUT2D eigenvalue weighted by molar-refractivity contribution is -0.150. The summed E-state index contributed by atoms with van der Waals surface area (Å²) in [7, 11) is 0. The summed E-state index contributed by atoms with van der Waals surface area (Å²) in [4.78, 5) is 16.0. The highest BCUT2D eigenvalue weighted by Gasteiger charge is 2.46. The standard InChI is InChI=1S/C13H19NO7/c1-3-19-13(18)9-4-8-10(14-6(2)20-8)12(21-9)11(17)7(16)5-15/h4,7-8,10-12,15-17H,3,5H2,1-2H3/t7-,8?,10?,11-,12?/m1/s1. The van der Waals surface area contributed by atoms with E-state index in [1.54, 1.807) is 13.8 Å². The second kappa shape index (κ2) is 6.42. The van der Waals surface area contributed by atoms with Crippen molar-refractivity contribution >= 4 is 11.9 Å². The van der Waals surface area contributed by atoms with Crippen LogP contribution in [0.5, 0.6) is 0 Å². The number of aliphatic hydroxyl groups is 3. The van der Waals surface area contributed by atoms with Gasteiger partial charge in [-0.15, -0.1) is 0 Å². The zero-order valence-corrected chi connectivity index (χ0v) is 11.8. The third-order valence-corrected chi connectivity index (χ3v) is 3.28. The summed E-state index contributed by atoms with van der Waals surface area (Å²) in [6, 6.07) is -0.598. The van der Waals surface area contributed by atoms with E-state index in [9.17, 15) is 15.0 Å². The van der Waals surface area contributed by atoms with Gasteiger partial charge in [0.15, 0.2) is 12.0 Å². The van der Waals surface area contributed by atoms with Crippen LogP contribution < -0.4 is 0 Å². The van der Waals surface area contributed by atoms with Gasteiger partial charge in [0.1, 0.15) is 24.4 Å². The molecule has 0 amide bonds. The van der Waals surface area contributed by atoms with E-state index >= 15 is 0 Å². The number of ether oxygens (including phenoxy) is 3. The zero-order valence-electron chi connectivity index (χ0n) is 11.8. The van der Waals surface area contributed by atoms with Gasteiger partial charge >= 0.3 is 5.97 Å². The molecule has 0 aromatic carbocycles. The third-order valence-electron chi connectivity index (χ3n) is 3.28. The highest BCUT2D eigenvalue weighted by molar-refractivity contribution is 5.87. The van der Waals surface area contributed by atoms with Gasteiger partial charge in [0.2, 0.25) is 5.76 Å². The normalized spacial score (nSPS) is 30.2. The maximum absolute atomic E-state index is 11.8. The molecule has 0 spiro atoms. The quantitative estimate of drug-likeness (QED) is 0.542. The van der Waals surface area contributed by atoms with Crippen LogP contribution in [-0.2, 0) is 19.0 Å². The topological polar surface area (TPSA) is 118 Å². The number of carbonyl (C=O) groups is 1. The van der Waals surface area contributed by atoms with Crippen molar-refractivity contribution in [1.82, 2.24) is 0 Å². The Labute approximate surface area is 121 Å². The van der Waals surface area contributed by atoms with Crippen LogP contribution in [0.4, 0.5) is 0 Å². The number of carbonyl (C=O) groups excluding carboxylic acids is 1. The molecule has 2 aliphatic heterocycles. The van der Waals surface area contributed by atoms with Gasteiger partial charge in [0.25, 0.3) is 0 Å². The number of hydrogen-bond donors (Lipinski definition) is 3. The lowest BCUT2D eigenvalue weighted by atomic mass is 9.95. The Morgan fingerprint density at radius 1 is 1.48 bits per heavy atom. The molecule has 118 valence electrons. The summed E-state index contributed by atoms with van der Waals surface area (Å²) in [5, 5.41) is 28.6. The molecule has 0 aliphatic carbocycles. The van der Waals surface area contributed by atoms with Gasteiger partial charge in [-0.2, -0.15) is 0 Å². The first-order chi connectivity index (χ1) is 9.97. The first kappa shape index (κ1) is 15.7. The van der Waals surface area contributed by atoms with Crippen molar-refractivity contribution in [2.75, 3.05) is 13.2 Å². The van der Waals surface area contributed by atoms with Gasteiger partial charge in [-0.25, -0.2) is 9.79 Å². The lowest BCUT2D eigenvalue weighted by Gasteiger charge is -2.34. The van der Waals surface area contributed by atoms with Crippen molar-refractivity contribution in [3.63, 3.8) is 0 Å². The molecule has 2 rings (SSSR count). The molecule has 8 nitrogen and oxygen atoms in total. The first-order valence-corrected chi connectivity index (χ1v) is 6.71. The molecule has 0 fully saturated rings. The average Bonchev–Trinajstić information content (AvgIpc) is 2.84. The Morgan fingerprint density at radius 2 is 2.19 bits per heavy atom. The minimum Gasteiger partial charge on any atom is -0.478 e. The summed E-state index contributed by atoms with van der Waals surface area (Å²) in [5.41, 5.74) is 0. The van der Waals surface area contributed by atoms with Crippen molar-refractivity contribution in [2.24, 2.45) is 4.99 Å². The molecule has 0 saturated heterocycles. The summed E-state index contributed by atoms with van der Waals surface area (Å²) < 4.78 is 15.7. The molecule has 3 unspecified atom stereocenters. The van der Waals surface area contributed by atoms with Gasteiger partial charge in [-0.1, -0.05) is 0 Å². The van der Waals surface area contributed by atoms with Crippen molar-refractivity contribution < 1.29 is 34.3 Å². The van der Waals surface area contributed by atoms with Gasteiger partial charge in [-0.05, 0) is 6.92 Å². The number of aliphatic imine (C=N–C) groups is 1. The molecule has 2 heterocycles. The second-order valence-electron chi connectivity index (χ2n) is 4.80. The Morgan fingerprint density at radius 3 is 2.81 bits per heavy atom. The number of aliphatic hydroxyl groups excluding tert-OH is 3. The smallest absolute Gasteiger partial charge is 0.373 e. The predicted molar refractivity (Wildman–Crippen MR) is 70.5 cm³/mol. The van der Waals surface area contributed by atoms with E-state index < -0.39 is 43.0 Å². The van der Waals surface area contributed by atoms with Gasteiger partial charge in [0, 0.05) is 13.0 Å². The third kappa shape index (κ3) is 3.17. The van der Waals surface area contributed by atoms with Crippen LogP contribution >= 0.6 is 0 Å². The van der Waals surface area contributed by atoms with E-state index in [0.29, 0.717) is 5.90 Å². The highest BCUT2D eigenvalue weighted by Crippen LogP contribution is 2.30. The summed E-state index contributed by atoms with van der Waals surface area (Å²) in [5.74, 6) is -0.386. The fourth-order valence-corrected chi connectivity index (χ4v) is 2.30. The first-order valence-electron chi connectivity index (χ1n) is 6.71. The van der Waals surface area contributed by atoms with E-state index in [0.717, 1.165) is 0 Å². The maximum atomic E-state index is 11.8. The molecule has 0 aromatic rings. The van der Waals surface area contributed by atoms with E-state index in [-0.39, 0.29) is 12.4 Å². The molecule has 0 bridgehead atoms. The van der Waals surface area contributed by atoms with Crippen molar-refractivity contribution in [3.05, 3.63) is 11.8 Å². The molecule has 21 heavy (non-hydrogen) atoms. The molecular formula is C13H19NO7. The second-order valence-corrected chi connectivity index (χ2v) is 4.80. The minimum atomic E-state index is -1.42. The SMILES string of the molecule is CCOC(=O)C1=CC2OC(C)=NC2C([C@H](O)[C@H](O)CO)O1. The Balaban J connectivity index is 2.23. The fraction of sp³-hybridized carbons (Fsp3) is 0.692. The van der Waals surface area contributed by atoms with Crippen molar-refractivity contribution in [1.29, 1.82) is 0 Å². The Bertz CT molecular complexity index is 461. The molecule has 3 N–H and O–H groups in total. The monoisotopic (exact) mass is 301 g/mol. The fourth-order valence-electron chi connectivity index (χ4n) is 2.30. The van der Waals surface area contributed by atoms with Crippen LogP contribution in [0.3, 0.4) is 0 Å². The number of nitrogens with zero attached hydrogens (tertiary/aromatic N) is 1. The van der Waals surface area contributed by atoms with Crippen LogP contribution in [0.1, 0.15) is 13.8 Å². The molecule has 0 saturated carbocycles. The van der Waals surface area contributed by atoms with Crippen LogP contribution in [0.2, 0.25) is 0 Å². The summed E-state index contributed by atoms with van der Waals surface area (Å²) >= 11 is 0. The van der Waals surface area contributed by atoms with Crippen LogP contribution in [0, 0.1) is 0 Å². The number of esters is 1.